The van der Waals surface area contributed by atoms with Crippen LogP contribution >= 0.6 is 0 Å². The summed E-state index contributed by atoms with van der Waals surface area (Å²) in [6, 6.07) is 9.82. The lowest BCUT2D eigenvalue weighted by Crippen LogP contribution is -2.42. The maximum atomic E-state index is 12.5. The van der Waals surface area contributed by atoms with Crippen LogP contribution in [0.1, 0.15) is 43.0 Å². The summed E-state index contributed by atoms with van der Waals surface area (Å²) in [7, 11) is 0. The zero-order valence-corrected chi connectivity index (χ0v) is 16.1. The summed E-state index contributed by atoms with van der Waals surface area (Å²) in [4.78, 5) is 30.3. The summed E-state index contributed by atoms with van der Waals surface area (Å²) < 4.78 is 5.65. The van der Waals surface area contributed by atoms with Crippen molar-refractivity contribution >= 4 is 17.5 Å². The SMILES string of the molecule is CC(C(=O)Nc1ccc(Oc2cccc(C(N)=O)c2)nc1)N1CCCCCC1. The maximum Gasteiger partial charge on any atom is 0.248 e. The van der Waals surface area contributed by atoms with Crippen molar-refractivity contribution in [2.24, 2.45) is 5.73 Å². The molecular weight excluding hydrogens is 356 g/mol. The monoisotopic (exact) mass is 382 g/mol. The molecule has 0 aliphatic carbocycles. The summed E-state index contributed by atoms with van der Waals surface area (Å²) in [5, 5.41) is 2.91. The van der Waals surface area contributed by atoms with Crippen molar-refractivity contribution in [2.45, 2.75) is 38.6 Å². The lowest BCUT2D eigenvalue weighted by Gasteiger charge is -2.26. The van der Waals surface area contributed by atoms with Gasteiger partial charge in [-0.25, -0.2) is 4.98 Å². The predicted molar refractivity (Wildman–Crippen MR) is 107 cm³/mol. The summed E-state index contributed by atoms with van der Waals surface area (Å²) in [5.41, 5.74) is 6.26. The van der Waals surface area contributed by atoms with Crippen molar-refractivity contribution in [1.29, 1.82) is 0 Å². The molecule has 3 rings (SSSR count). The molecule has 2 aromatic rings. The standard InChI is InChI=1S/C21H26N4O3/c1-15(25-11-4-2-3-5-12-25)21(27)24-17-9-10-19(23-14-17)28-18-8-6-7-16(13-18)20(22)26/h6-10,13-15H,2-5,11-12H2,1H3,(H2,22,26)(H,24,27). The van der Waals surface area contributed by atoms with E-state index in [9.17, 15) is 9.59 Å². The second kappa shape index (κ2) is 9.32. The minimum Gasteiger partial charge on any atom is -0.439 e. The van der Waals surface area contributed by atoms with Gasteiger partial charge in [0.2, 0.25) is 17.7 Å². The zero-order valence-electron chi connectivity index (χ0n) is 16.1. The van der Waals surface area contributed by atoms with Crippen LogP contribution in [0, 0.1) is 0 Å². The van der Waals surface area contributed by atoms with Gasteiger partial charge in [-0.15, -0.1) is 0 Å². The van der Waals surface area contributed by atoms with Crippen molar-refractivity contribution in [3.05, 3.63) is 48.2 Å². The third kappa shape index (κ3) is 5.29. The van der Waals surface area contributed by atoms with E-state index in [0.717, 1.165) is 25.9 Å². The second-order valence-corrected chi connectivity index (χ2v) is 6.99. The molecule has 3 N–H and O–H groups in total. The Labute approximate surface area is 164 Å². The van der Waals surface area contributed by atoms with Gasteiger partial charge >= 0.3 is 0 Å². The van der Waals surface area contributed by atoms with Crippen LogP contribution in [-0.2, 0) is 4.79 Å². The first-order valence-corrected chi connectivity index (χ1v) is 9.61. The number of rotatable bonds is 6. The molecule has 7 nitrogen and oxygen atoms in total. The first kappa shape index (κ1) is 19.8. The Morgan fingerprint density at radius 2 is 1.89 bits per heavy atom. The highest BCUT2D eigenvalue weighted by Crippen LogP contribution is 2.22. The van der Waals surface area contributed by atoms with E-state index in [1.54, 1.807) is 42.6 Å². The van der Waals surface area contributed by atoms with Gasteiger partial charge in [0.15, 0.2) is 0 Å². The molecule has 2 heterocycles. The number of benzene rings is 1. The van der Waals surface area contributed by atoms with Gasteiger partial charge in [-0.3, -0.25) is 14.5 Å². The van der Waals surface area contributed by atoms with E-state index in [1.807, 2.05) is 6.92 Å². The molecular formula is C21H26N4O3. The number of nitrogens with one attached hydrogen (secondary N) is 1. The van der Waals surface area contributed by atoms with Crippen molar-refractivity contribution in [3.63, 3.8) is 0 Å². The Bertz CT molecular complexity index is 815. The molecule has 1 fully saturated rings. The second-order valence-electron chi connectivity index (χ2n) is 6.99. The van der Waals surface area contributed by atoms with E-state index < -0.39 is 5.91 Å². The number of aromatic nitrogens is 1. The lowest BCUT2D eigenvalue weighted by molar-refractivity contribution is -0.120. The molecule has 1 aliphatic heterocycles. The van der Waals surface area contributed by atoms with Gasteiger partial charge in [0, 0.05) is 11.6 Å². The van der Waals surface area contributed by atoms with E-state index >= 15 is 0 Å². The first-order chi connectivity index (χ1) is 13.5. The van der Waals surface area contributed by atoms with Crippen molar-refractivity contribution in [3.8, 4) is 11.6 Å². The molecule has 0 bridgehead atoms. The number of nitrogens with zero attached hydrogens (tertiary/aromatic N) is 2. The number of nitrogens with two attached hydrogens (primary N) is 1. The lowest BCUT2D eigenvalue weighted by atomic mass is 10.2. The normalized spacial score (nSPS) is 16.0. The number of carbonyl (C=O) groups is 2. The molecule has 0 radical (unpaired) electrons. The van der Waals surface area contributed by atoms with Crippen LogP contribution in [0.5, 0.6) is 11.6 Å². The van der Waals surface area contributed by atoms with Gasteiger partial charge in [0.25, 0.3) is 0 Å². The van der Waals surface area contributed by atoms with Gasteiger partial charge < -0.3 is 15.8 Å². The largest absolute Gasteiger partial charge is 0.439 e. The highest BCUT2D eigenvalue weighted by molar-refractivity contribution is 5.94. The number of anilines is 1. The van der Waals surface area contributed by atoms with E-state index in [4.69, 9.17) is 10.5 Å². The number of pyridine rings is 1. The number of ether oxygens (including phenoxy) is 1. The van der Waals surface area contributed by atoms with Crippen LogP contribution in [0.3, 0.4) is 0 Å². The summed E-state index contributed by atoms with van der Waals surface area (Å²) in [6.45, 7) is 3.87. The van der Waals surface area contributed by atoms with Gasteiger partial charge in [0.1, 0.15) is 5.75 Å². The van der Waals surface area contributed by atoms with E-state index in [1.165, 1.54) is 12.8 Å². The van der Waals surface area contributed by atoms with Crippen molar-refractivity contribution in [1.82, 2.24) is 9.88 Å². The molecule has 0 saturated carbocycles. The molecule has 1 aromatic heterocycles. The number of amides is 2. The minimum atomic E-state index is -0.519. The smallest absolute Gasteiger partial charge is 0.248 e. The van der Waals surface area contributed by atoms with Gasteiger partial charge in [-0.2, -0.15) is 0 Å². The molecule has 28 heavy (non-hydrogen) atoms. The fourth-order valence-electron chi connectivity index (χ4n) is 3.24. The third-order valence-corrected chi connectivity index (χ3v) is 4.91. The van der Waals surface area contributed by atoms with Crippen LogP contribution in [0.15, 0.2) is 42.6 Å². The summed E-state index contributed by atoms with van der Waals surface area (Å²) in [5.74, 6) is 0.275. The van der Waals surface area contributed by atoms with Crippen LogP contribution in [0.2, 0.25) is 0 Å². The van der Waals surface area contributed by atoms with Crippen LogP contribution in [0.4, 0.5) is 5.69 Å². The average molecular weight is 382 g/mol. The van der Waals surface area contributed by atoms with Crippen molar-refractivity contribution in [2.75, 3.05) is 18.4 Å². The Kier molecular flexibility index (Phi) is 6.60. The van der Waals surface area contributed by atoms with Crippen LogP contribution in [-0.4, -0.2) is 40.8 Å². The Balaban J connectivity index is 1.58. The molecule has 1 aliphatic rings. The Morgan fingerprint density at radius 3 is 2.54 bits per heavy atom. The average Bonchev–Trinajstić information content (AvgIpc) is 2.98. The van der Waals surface area contributed by atoms with E-state index in [2.05, 4.69) is 15.2 Å². The number of hydrogen-bond donors (Lipinski definition) is 2. The molecule has 2 amide bonds. The van der Waals surface area contributed by atoms with E-state index in [-0.39, 0.29) is 11.9 Å². The van der Waals surface area contributed by atoms with Crippen molar-refractivity contribution < 1.29 is 14.3 Å². The molecule has 7 heteroatoms. The zero-order chi connectivity index (χ0) is 19.9. The summed E-state index contributed by atoms with van der Waals surface area (Å²) >= 11 is 0. The molecule has 0 spiro atoms. The number of carbonyl (C=O) groups excluding carboxylic acids is 2. The topological polar surface area (TPSA) is 97.5 Å². The summed E-state index contributed by atoms with van der Waals surface area (Å²) in [6.07, 6.45) is 6.31. The molecule has 148 valence electrons. The van der Waals surface area contributed by atoms with Crippen LogP contribution < -0.4 is 15.8 Å². The number of likely N-dealkylation sites (tertiary alicyclic amines) is 1. The number of primary amides is 1. The maximum absolute atomic E-state index is 12.5. The van der Waals surface area contributed by atoms with Gasteiger partial charge in [0.05, 0.1) is 17.9 Å². The molecule has 1 aromatic carbocycles. The predicted octanol–water partition coefficient (Wildman–Crippen LogP) is 3.18. The Hall–Kier alpha value is -2.93. The quantitative estimate of drug-likeness (QED) is 0.800. The molecule has 1 unspecified atom stereocenters. The van der Waals surface area contributed by atoms with E-state index in [0.29, 0.717) is 22.9 Å². The number of hydrogen-bond acceptors (Lipinski definition) is 5. The molecule has 1 atom stereocenters. The van der Waals surface area contributed by atoms with Crippen LogP contribution in [0.25, 0.3) is 0 Å². The minimum absolute atomic E-state index is 0.0356. The van der Waals surface area contributed by atoms with Gasteiger partial charge in [-0.05, 0) is 57.1 Å². The molecule has 1 saturated heterocycles. The van der Waals surface area contributed by atoms with Gasteiger partial charge in [-0.1, -0.05) is 18.9 Å². The highest BCUT2D eigenvalue weighted by Gasteiger charge is 2.22. The third-order valence-electron chi connectivity index (χ3n) is 4.91. The fraction of sp³-hybridized carbons (Fsp3) is 0.381. The Morgan fingerprint density at radius 1 is 1.14 bits per heavy atom. The fourth-order valence-corrected chi connectivity index (χ4v) is 3.24. The highest BCUT2D eigenvalue weighted by atomic mass is 16.5. The first-order valence-electron chi connectivity index (χ1n) is 9.61.